The Morgan fingerprint density at radius 2 is 1.67 bits per heavy atom. The van der Waals surface area contributed by atoms with Crippen LogP contribution < -0.4 is 5.32 Å². The lowest BCUT2D eigenvalue weighted by atomic mass is 9.88. The number of benzene rings is 1. The molecule has 0 aromatic heterocycles. The summed E-state index contributed by atoms with van der Waals surface area (Å²) in [5, 5.41) is 2.28. The van der Waals surface area contributed by atoms with Crippen LogP contribution in [0, 0.1) is 0 Å². The van der Waals surface area contributed by atoms with Crippen molar-refractivity contribution in [2.24, 2.45) is 0 Å². The zero-order valence-corrected chi connectivity index (χ0v) is 11.7. The highest BCUT2D eigenvalue weighted by molar-refractivity contribution is 5.36. The van der Waals surface area contributed by atoms with Crippen molar-refractivity contribution in [1.29, 1.82) is 0 Å². The second-order valence-corrected chi connectivity index (χ2v) is 5.35. The van der Waals surface area contributed by atoms with Crippen molar-refractivity contribution in [1.82, 2.24) is 5.32 Å². The number of alkyl halides is 5. The maximum atomic E-state index is 13.7. The lowest BCUT2D eigenvalue weighted by Crippen LogP contribution is -2.48. The predicted molar refractivity (Wildman–Crippen MR) is 70.5 cm³/mol. The molecule has 6 heteroatoms. The molecule has 1 aliphatic carbocycles. The Labute approximate surface area is 120 Å². The summed E-state index contributed by atoms with van der Waals surface area (Å²) < 4.78 is 65.3. The van der Waals surface area contributed by atoms with Gasteiger partial charge in [0.1, 0.15) is 6.04 Å². The van der Waals surface area contributed by atoms with Crippen LogP contribution in [0.3, 0.4) is 0 Å². The molecule has 1 unspecified atom stereocenters. The maximum absolute atomic E-state index is 13.7. The first-order valence-corrected chi connectivity index (χ1v) is 7.07. The Morgan fingerprint density at radius 3 is 2.24 bits per heavy atom. The average Bonchev–Trinajstić information content (AvgIpc) is 2.43. The van der Waals surface area contributed by atoms with Gasteiger partial charge in [-0.1, -0.05) is 25.1 Å². The van der Waals surface area contributed by atoms with Gasteiger partial charge >= 0.3 is 12.1 Å². The van der Waals surface area contributed by atoms with Crippen molar-refractivity contribution in [2.45, 2.75) is 50.7 Å². The van der Waals surface area contributed by atoms with E-state index in [1.807, 2.05) is 0 Å². The molecule has 2 rings (SSSR count). The number of fused-ring (bicyclic) bond motifs is 1. The van der Waals surface area contributed by atoms with Gasteiger partial charge in [-0.2, -0.15) is 22.0 Å². The van der Waals surface area contributed by atoms with E-state index in [9.17, 15) is 22.0 Å². The number of rotatable bonds is 4. The topological polar surface area (TPSA) is 12.0 Å². The van der Waals surface area contributed by atoms with Gasteiger partial charge in [0.25, 0.3) is 0 Å². The molecule has 21 heavy (non-hydrogen) atoms. The van der Waals surface area contributed by atoms with Crippen LogP contribution in [0.2, 0.25) is 0 Å². The molecule has 0 fully saturated rings. The minimum atomic E-state index is -5.57. The van der Waals surface area contributed by atoms with Gasteiger partial charge in [0, 0.05) is 0 Å². The first-order chi connectivity index (χ1) is 9.77. The molecular weight excluding hydrogens is 289 g/mol. The van der Waals surface area contributed by atoms with Crippen LogP contribution in [0.25, 0.3) is 0 Å². The average molecular weight is 307 g/mol. The summed E-state index contributed by atoms with van der Waals surface area (Å²) in [5.74, 6) is -4.80. The summed E-state index contributed by atoms with van der Waals surface area (Å²) in [6.07, 6.45) is -2.01. The summed E-state index contributed by atoms with van der Waals surface area (Å²) in [4.78, 5) is 0. The van der Waals surface area contributed by atoms with E-state index >= 15 is 0 Å². The lowest BCUT2D eigenvalue weighted by molar-refractivity contribution is -0.294. The molecule has 1 atom stereocenters. The number of halogens is 5. The van der Waals surface area contributed by atoms with Crippen LogP contribution in [-0.2, 0) is 12.8 Å². The van der Waals surface area contributed by atoms with Crippen molar-refractivity contribution in [3.63, 3.8) is 0 Å². The van der Waals surface area contributed by atoms with Crippen molar-refractivity contribution < 1.29 is 22.0 Å². The van der Waals surface area contributed by atoms with E-state index < -0.39 is 18.1 Å². The minimum Gasteiger partial charge on any atom is -0.305 e. The zero-order valence-electron chi connectivity index (χ0n) is 11.7. The van der Waals surface area contributed by atoms with Gasteiger partial charge in [0.05, 0.1) is 0 Å². The first-order valence-electron chi connectivity index (χ1n) is 7.07. The highest BCUT2D eigenvalue weighted by Gasteiger charge is 2.62. The highest BCUT2D eigenvalue weighted by atomic mass is 19.4. The molecule has 1 N–H and O–H groups in total. The van der Waals surface area contributed by atoms with Crippen molar-refractivity contribution in [3.05, 3.63) is 34.9 Å². The molecule has 0 bridgehead atoms. The number of hydrogen-bond acceptors (Lipinski definition) is 1. The van der Waals surface area contributed by atoms with Gasteiger partial charge in [-0.3, -0.25) is 0 Å². The van der Waals surface area contributed by atoms with E-state index in [0.717, 1.165) is 36.8 Å². The largest absolute Gasteiger partial charge is 0.455 e. The van der Waals surface area contributed by atoms with Crippen LogP contribution in [0.1, 0.15) is 42.5 Å². The van der Waals surface area contributed by atoms with Gasteiger partial charge in [-0.15, -0.1) is 0 Å². The lowest BCUT2D eigenvalue weighted by Gasteiger charge is -2.30. The molecule has 0 amide bonds. The summed E-state index contributed by atoms with van der Waals surface area (Å²) in [6.45, 7) is 1.55. The van der Waals surface area contributed by atoms with E-state index in [-0.39, 0.29) is 12.1 Å². The molecule has 0 saturated carbocycles. The quantitative estimate of drug-likeness (QED) is 0.812. The van der Waals surface area contributed by atoms with E-state index in [0.29, 0.717) is 0 Å². The minimum absolute atomic E-state index is 0.000162. The summed E-state index contributed by atoms with van der Waals surface area (Å²) >= 11 is 0. The number of aryl methyl sites for hydroxylation is 2. The Balaban J connectivity index is 2.39. The Kier molecular flexibility index (Phi) is 4.56. The summed E-state index contributed by atoms with van der Waals surface area (Å²) in [5.41, 5.74) is 1.94. The van der Waals surface area contributed by atoms with Crippen LogP contribution >= 0.6 is 0 Å². The predicted octanol–water partition coefficient (Wildman–Crippen LogP) is 4.41. The molecule has 1 nitrogen and oxygen atoms in total. The first kappa shape index (κ1) is 16.2. The Hall–Kier alpha value is -1.17. The fourth-order valence-electron chi connectivity index (χ4n) is 2.76. The fraction of sp³-hybridized carbons (Fsp3) is 0.600. The third-order valence-corrected chi connectivity index (χ3v) is 3.85. The third kappa shape index (κ3) is 3.20. The summed E-state index contributed by atoms with van der Waals surface area (Å²) in [7, 11) is 0. The fourth-order valence-corrected chi connectivity index (χ4v) is 2.76. The van der Waals surface area contributed by atoms with Gasteiger partial charge in [0.15, 0.2) is 0 Å². The smallest absolute Gasteiger partial charge is 0.305 e. The third-order valence-electron chi connectivity index (χ3n) is 3.85. The van der Waals surface area contributed by atoms with Crippen molar-refractivity contribution in [2.75, 3.05) is 6.54 Å². The highest BCUT2D eigenvalue weighted by Crippen LogP contribution is 2.44. The van der Waals surface area contributed by atoms with Gasteiger partial charge < -0.3 is 5.32 Å². The van der Waals surface area contributed by atoms with Crippen LogP contribution in [0.5, 0.6) is 0 Å². The molecule has 1 aromatic rings. The van der Waals surface area contributed by atoms with Gasteiger partial charge in [-0.25, -0.2) is 0 Å². The molecule has 0 heterocycles. The second kappa shape index (κ2) is 5.91. The molecule has 1 aliphatic rings. The summed E-state index contributed by atoms with van der Waals surface area (Å²) in [6, 6.07) is 2.52. The Morgan fingerprint density at radius 1 is 1.05 bits per heavy atom. The molecule has 0 spiro atoms. The Bertz CT molecular complexity index is 495. The van der Waals surface area contributed by atoms with Crippen molar-refractivity contribution in [3.8, 4) is 0 Å². The molecular formula is C15H18F5N. The normalized spacial score (nSPS) is 17.4. The number of nitrogens with one attached hydrogen (secondary N) is 1. The van der Waals surface area contributed by atoms with E-state index in [2.05, 4.69) is 5.32 Å². The SMILES string of the molecule is CCNC(c1ccc2c(c1)CCCC2)C(F)(F)C(F)(F)F. The zero-order chi connectivity index (χ0) is 15.7. The van der Waals surface area contributed by atoms with E-state index in [1.54, 1.807) is 6.07 Å². The molecule has 0 aliphatic heterocycles. The van der Waals surface area contributed by atoms with Crippen molar-refractivity contribution >= 4 is 0 Å². The van der Waals surface area contributed by atoms with Gasteiger partial charge in [-0.05, 0) is 48.9 Å². The standard InChI is InChI=1S/C15H18F5N/c1-2-21-13(14(16,17)15(18,19)20)12-8-7-10-5-3-4-6-11(10)9-12/h7-9,13,21H,2-6H2,1H3. The van der Waals surface area contributed by atoms with Gasteiger partial charge in [0.2, 0.25) is 0 Å². The maximum Gasteiger partial charge on any atom is 0.455 e. The van der Waals surface area contributed by atoms with Crippen LogP contribution in [0.4, 0.5) is 22.0 Å². The van der Waals surface area contributed by atoms with E-state index in [1.165, 1.54) is 19.1 Å². The van der Waals surface area contributed by atoms with E-state index in [4.69, 9.17) is 0 Å². The molecule has 1 aromatic carbocycles. The molecule has 0 radical (unpaired) electrons. The van der Waals surface area contributed by atoms with Crippen LogP contribution in [0.15, 0.2) is 18.2 Å². The molecule has 118 valence electrons. The number of hydrogen-bond donors (Lipinski definition) is 1. The van der Waals surface area contributed by atoms with Crippen LogP contribution in [-0.4, -0.2) is 18.6 Å². The second-order valence-electron chi connectivity index (χ2n) is 5.35. The molecule has 0 saturated heterocycles. The monoisotopic (exact) mass is 307 g/mol.